The van der Waals surface area contributed by atoms with Crippen LogP contribution in [0.3, 0.4) is 0 Å². The molecule has 4 nitrogen and oxygen atoms in total. The number of thiazole rings is 1. The van der Waals surface area contributed by atoms with Gasteiger partial charge < -0.3 is 10.3 Å². The minimum absolute atomic E-state index is 0.788. The molecular weight excluding hydrogens is 232 g/mol. The van der Waals surface area contributed by atoms with Crippen molar-refractivity contribution in [3.05, 3.63) is 47.5 Å². The third-order valence-corrected chi connectivity index (χ3v) is 3.52. The molecule has 3 rings (SSSR count). The fourth-order valence-corrected chi connectivity index (χ4v) is 2.62. The second-order valence-corrected chi connectivity index (χ2v) is 4.87. The molecule has 1 aromatic carbocycles. The van der Waals surface area contributed by atoms with Crippen molar-refractivity contribution in [3.8, 4) is 0 Å². The highest BCUT2D eigenvalue weighted by Gasteiger charge is 2.02. The molecule has 0 atom stereocenters. The molecule has 0 amide bonds. The number of benzene rings is 1. The van der Waals surface area contributed by atoms with Crippen LogP contribution in [0.5, 0.6) is 0 Å². The predicted octanol–water partition coefficient (Wildman–Crippen LogP) is 2.31. The molecule has 5 heteroatoms. The van der Waals surface area contributed by atoms with Crippen LogP contribution in [0.2, 0.25) is 0 Å². The number of aromatic nitrogens is 3. The number of para-hydroxylation sites is 1. The van der Waals surface area contributed by atoms with Gasteiger partial charge in [0.2, 0.25) is 0 Å². The van der Waals surface area contributed by atoms with Crippen LogP contribution in [0.15, 0.2) is 36.8 Å². The van der Waals surface area contributed by atoms with Crippen molar-refractivity contribution < 1.29 is 0 Å². The van der Waals surface area contributed by atoms with Gasteiger partial charge in [-0.1, -0.05) is 12.1 Å². The third-order valence-electron chi connectivity index (χ3n) is 2.48. The van der Waals surface area contributed by atoms with Crippen molar-refractivity contribution in [3.63, 3.8) is 0 Å². The number of rotatable bonds is 4. The number of hydrogen-bond donors (Lipinski definition) is 2. The number of imidazole rings is 1. The largest absolute Gasteiger partial charge is 0.347 e. The summed E-state index contributed by atoms with van der Waals surface area (Å²) in [4.78, 5) is 11.6. The van der Waals surface area contributed by atoms with Gasteiger partial charge in [-0.25, -0.2) is 9.97 Å². The average Bonchev–Trinajstić information content (AvgIpc) is 2.96. The van der Waals surface area contributed by atoms with Gasteiger partial charge in [0, 0.05) is 25.0 Å². The van der Waals surface area contributed by atoms with Crippen LogP contribution in [-0.4, -0.2) is 15.0 Å². The van der Waals surface area contributed by atoms with Crippen molar-refractivity contribution in [1.29, 1.82) is 0 Å². The Morgan fingerprint density at radius 2 is 2.18 bits per heavy atom. The lowest BCUT2D eigenvalue weighted by molar-refractivity contribution is 0.680. The minimum atomic E-state index is 0.788. The minimum Gasteiger partial charge on any atom is -0.347 e. The van der Waals surface area contributed by atoms with E-state index in [4.69, 9.17) is 0 Å². The third kappa shape index (κ3) is 2.35. The lowest BCUT2D eigenvalue weighted by Crippen LogP contribution is -2.12. The van der Waals surface area contributed by atoms with Crippen molar-refractivity contribution in [2.24, 2.45) is 0 Å². The maximum Gasteiger partial charge on any atom is 0.108 e. The summed E-state index contributed by atoms with van der Waals surface area (Å²) >= 11 is 1.74. The van der Waals surface area contributed by atoms with E-state index in [2.05, 4.69) is 26.3 Å². The van der Waals surface area contributed by atoms with Crippen LogP contribution in [-0.2, 0) is 13.1 Å². The summed E-state index contributed by atoms with van der Waals surface area (Å²) in [6.07, 6.45) is 3.51. The molecule has 0 spiro atoms. The summed E-state index contributed by atoms with van der Waals surface area (Å²) in [6.45, 7) is 1.58. The number of hydrogen-bond acceptors (Lipinski definition) is 4. The SMILES string of the molecule is c1ccc2sc(CNCc3cnc[nH]3)nc2c1. The van der Waals surface area contributed by atoms with E-state index < -0.39 is 0 Å². The van der Waals surface area contributed by atoms with E-state index in [1.54, 1.807) is 17.7 Å². The van der Waals surface area contributed by atoms with Gasteiger partial charge in [0.1, 0.15) is 5.01 Å². The fourth-order valence-electron chi connectivity index (χ4n) is 1.68. The highest BCUT2D eigenvalue weighted by Crippen LogP contribution is 2.21. The number of aromatic amines is 1. The molecule has 0 radical (unpaired) electrons. The number of nitrogens with zero attached hydrogens (tertiary/aromatic N) is 2. The molecule has 86 valence electrons. The monoisotopic (exact) mass is 244 g/mol. The van der Waals surface area contributed by atoms with Crippen LogP contribution >= 0.6 is 11.3 Å². The number of nitrogens with one attached hydrogen (secondary N) is 2. The summed E-state index contributed by atoms with van der Waals surface area (Å²) in [7, 11) is 0. The second kappa shape index (κ2) is 4.65. The first-order valence-electron chi connectivity index (χ1n) is 5.44. The first-order valence-corrected chi connectivity index (χ1v) is 6.26. The van der Waals surface area contributed by atoms with E-state index in [9.17, 15) is 0 Å². The van der Waals surface area contributed by atoms with Crippen LogP contribution in [0, 0.1) is 0 Å². The first-order chi connectivity index (χ1) is 8.42. The van der Waals surface area contributed by atoms with E-state index in [-0.39, 0.29) is 0 Å². The predicted molar refractivity (Wildman–Crippen MR) is 68.8 cm³/mol. The summed E-state index contributed by atoms with van der Waals surface area (Å²) in [5, 5.41) is 4.46. The maximum atomic E-state index is 4.56. The molecule has 0 aliphatic carbocycles. The zero-order chi connectivity index (χ0) is 11.5. The van der Waals surface area contributed by atoms with Gasteiger partial charge in [-0.15, -0.1) is 11.3 Å². The Bertz CT molecular complexity index is 567. The van der Waals surface area contributed by atoms with Gasteiger partial charge in [0.05, 0.1) is 16.5 Å². The molecule has 0 bridgehead atoms. The molecule has 0 saturated heterocycles. The molecule has 2 N–H and O–H groups in total. The summed E-state index contributed by atoms with van der Waals surface area (Å²) in [6, 6.07) is 8.21. The van der Waals surface area contributed by atoms with Crippen LogP contribution < -0.4 is 5.32 Å². The zero-order valence-electron chi connectivity index (χ0n) is 9.18. The zero-order valence-corrected chi connectivity index (χ0v) is 10.00. The first kappa shape index (κ1) is 10.4. The Labute approximate surface area is 103 Å². The van der Waals surface area contributed by atoms with E-state index in [0.29, 0.717) is 0 Å². The molecule has 2 heterocycles. The Hall–Kier alpha value is -1.72. The van der Waals surface area contributed by atoms with Crippen molar-refractivity contribution in [2.75, 3.05) is 0 Å². The normalized spacial score (nSPS) is 11.1. The Balaban J connectivity index is 1.65. The lowest BCUT2D eigenvalue weighted by Gasteiger charge is -1.98. The highest BCUT2D eigenvalue weighted by atomic mass is 32.1. The van der Waals surface area contributed by atoms with Crippen molar-refractivity contribution in [2.45, 2.75) is 13.1 Å². The Morgan fingerprint density at radius 1 is 1.24 bits per heavy atom. The average molecular weight is 244 g/mol. The molecular formula is C12H12N4S. The number of fused-ring (bicyclic) bond motifs is 1. The Kier molecular flexibility index (Phi) is 2.85. The van der Waals surface area contributed by atoms with E-state index >= 15 is 0 Å². The van der Waals surface area contributed by atoms with E-state index in [0.717, 1.165) is 29.3 Å². The van der Waals surface area contributed by atoms with Gasteiger partial charge in [-0.3, -0.25) is 0 Å². The van der Waals surface area contributed by atoms with E-state index in [1.165, 1.54) is 4.70 Å². The fraction of sp³-hybridized carbons (Fsp3) is 0.167. The van der Waals surface area contributed by atoms with Crippen molar-refractivity contribution in [1.82, 2.24) is 20.3 Å². The second-order valence-electron chi connectivity index (χ2n) is 3.76. The molecule has 0 unspecified atom stereocenters. The molecule has 0 fully saturated rings. The lowest BCUT2D eigenvalue weighted by atomic mass is 10.3. The van der Waals surface area contributed by atoms with Crippen LogP contribution in [0.1, 0.15) is 10.7 Å². The van der Waals surface area contributed by atoms with Crippen molar-refractivity contribution >= 4 is 21.6 Å². The van der Waals surface area contributed by atoms with Crippen LogP contribution in [0.25, 0.3) is 10.2 Å². The Morgan fingerprint density at radius 3 is 3.00 bits per heavy atom. The summed E-state index contributed by atoms with van der Waals surface area (Å²) in [5.41, 5.74) is 2.17. The standard InChI is InChI=1S/C12H12N4S/c1-2-4-11-10(3-1)16-12(17-11)7-13-5-9-6-14-8-15-9/h1-4,6,8,13H,5,7H2,(H,14,15). The van der Waals surface area contributed by atoms with Gasteiger partial charge in [0.25, 0.3) is 0 Å². The summed E-state index contributed by atoms with van der Waals surface area (Å²) in [5.74, 6) is 0. The van der Waals surface area contributed by atoms with Gasteiger partial charge in [-0.2, -0.15) is 0 Å². The van der Waals surface area contributed by atoms with Gasteiger partial charge >= 0.3 is 0 Å². The van der Waals surface area contributed by atoms with Crippen LogP contribution in [0.4, 0.5) is 0 Å². The summed E-state index contributed by atoms with van der Waals surface area (Å²) < 4.78 is 1.24. The van der Waals surface area contributed by atoms with E-state index in [1.807, 2.05) is 24.4 Å². The molecule has 17 heavy (non-hydrogen) atoms. The maximum absolute atomic E-state index is 4.56. The topological polar surface area (TPSA) is 53.6 Å². The molecule has 3 aromatic rings. The molecule has 0 saturated carbocycles. The molecule has 0 aliphatic heterocycles. The molecule has 2 aromatic heterocycles. The van der Waals surface area contributed by atoms with Gasteiger partial charge in [0.15, 0.2) is 0 Å². The van der Waals surface area contributed by atoms with Gasteiger partial charge in [-0.05, 0) is 12.1 Å². The highest BCUT2D eigenvalue weighted by molar-refractivity contribution is 7.18. The molecule has 0 aliphatic rings. The smallest absolute Gasteiger partial charge is 0.108 e. The quantitative estimate of drug-likeness (QED) is 0.740. The number of H-pyrrole nitrogens is 1.